The molecule has 5 nitrogen and oxygen atoms in total. The van der Waals surface area contributed by atoms with Gasteiger partial charge in [0, 0.05) is 23.8 Å². The van der Waals surface area contributed by atoms with Crippen LogP contribution in [0.4, 0.5) is 28.0 Å². The van der Waals surface area contributed by atoms with Crippen LogP contribution < -0.4 is 5.32 Å². The zero-order chi connectivity index (χ0) is 20.1. The summed E-state index contributed by atoms with van der Waals surface area (Å²) in [5.41, 5.74) is -1.87. The second-order valence-corrected chi connectivity index (χ2v) is 7.44. The van der Waals surface area contributed by atoms with E-state index in [-0.39, 0.29) is 29.0 Å². The highest BCUT2D eigenvalue weighted by Gasteiger charge is 2.46. The maximum absolute atomic E-state index is 14.4. The van der Waals surface area contributed by atoms with Crippen LogP contribution in [0.5, 0.6) is 0 Å². The summed E-state index contributed by atoms with van der Waals surface area (Å²) in [7, 11) is 0. The molecular weight excluding hydrogens is 376 g/mol. The second kappa shape index (κ2) is 6.72. The number of nitrogens with zero attached hydrogens (tertiary/aromatic N) is 3. The molecule has 148 valence electrons. The maximum Gasteiger partial charge on any atom is 0.417 e. The van der Waals surface area contributed by atoms with Crippen LogP contribution in [0.15, 0.2) is 30.5 Å². The number of nitrogens with one attached hydrogen (secondary N) is 1. The van der Waals surface area contributed by atoms with Crippen LogP contribution in [0.1, 0.15) is 31.7 Å². The summed E-state index contributed by atoms with van der Waals surface area (Å²) in [6.07, 6.45) is -0.778. The molecule has 2 saturated heterocycles. The molecule has 2 aromatic rings. The fourth-order valence-electron chi connectivity index (χ4n) is 4.22. The molecule has 3 heterocycles. The van der Waals surface area contributed by atoms with Crippen molar-refractivity contribution < 1.29 is 22.4 Å². The average molecular weight is 394 g/mol. The van der Waals surface area contributed by atoms with E-state index in [2.05, 4.69) is 22.4 Å². The standard InChI is InChI=1S/C19H18F4N4O/c1-10-5-11-7-12(6-10)27(11)18(28)25-17-8-13(16-3-2-4-24-26-16)14(9-15(17)20)19(21,22)23/h2-4,8-12H,5-7H2,1H3,(H,25,28)/t10?,11-,12?/m0/s1. The third-order valence-electron chi connectivity index (χ3n) is 5.42. The van der Waals surface area contributed by atoms with E-state index in [1.54, 1.807) is 4.90 Å². The molecule has 0 radical (unpaired) electrons. The Hall–Kier alpha value is -2.71. The van der Waals surface area contributed by atoms with E-state index in [9.17, 15) is 22.4 Å². The third-order valence-corrected chi connectivity index (χ3v) is 5.42. The smallest absolute Gasteiger partial charge is 0.318 e. The van der Waals surface area contributed by atoms with E-state index in [1.165, 1.54) is 18.3 Å². The number of fused-ring (bicyclic) bond motifs is 2. The monoisotopic (exact) mass is 394 g/mol. The highest BCUT2D eigenvalue weighted by atomic mass is 19.4. The Kier molecular flexibility index (Phi) is 4.47. The molecule has 2 bridgehead atoms. The topological polar surface area (TPSA) is 58.1 Å². The van der Waals surface area contributed by atoms with Crippen LogP contribution in [0.25, 0.3) is 11.3 Å². The van der Waals surface area contributed by atoms with Crippen LogP contribution in [-0.2, 0) is 6.18 Å². The minimum Gasteiger partial charge on any atom is -0.318 e. The van der Waals surface area contributed by atoms with Gasteiger partial charge in [0.25, 0.3) is 0 Å². The Bertz CT molecular complexity index is 891. The normalized spacial score (nSPS) is 23.9. The number of aromatic nitrogens is 2. The van der Waals surface area contributed by atoms with Crippen molar-refractivity contribution in [3.63, 3.8) is 0 Å². The first-order chi connectivity index (χ1) is 13.2. The summed E-state index contributed by atoms with van der Waals surface area (Å²) >= 11 is 0. The number of carbonyl (C=O) groups excluding carboxylic acids is 1. The lowest BCUT2D eigenvalue weighted by Crippen LogP contribution is -2.63. The van der Waals surface area contributed by atoms with Gasteiger partial charge in [0.05, 0.1) is 16.9 Å². The maximum atomic E-state index is 14.4. The van der Waals surface area contributed by atoms with Gasteiger partial charge in [-0.25, -0.2) is 9.18 Å². The first-order valence-electron chi connectivity index (χ1n) is 9.02. The molecule has 2 unspecified atom stereocenters. The van der Waals surface area contributed by atoms with Gasteiger partial charge in [-0.15, -0.1) is 0 Å². The quantitative estimate of drug-likeness (QED) is 0.751. The summed E-state index contributed by atoms with van der Waals surface area (Å²) in [4.78, 5) is 14.3. The molecule has 2 aliphatic heterocycles. The van der Waals surface area contributed by atoms with Crippen LogP contribution >= 0.6 is 0 Å². The zero-order valence-corrected chi connectivity index (χ0v) is 15.0. The minimum atomic E-state index is -4.78. The summed E-state index contributed by atoms with van der Waals surface area (Å²) in [5.74, 6) is -0.619. The number of hydrogen-bond donors (Lipinski definition) is 1. The minimum absolute atomic E-state index is 0.0556. The van der Waals surface area contributed by atoms with Crippen LogP contribution in [0.3, 0.4) is 0 Å². The third kappa shape index (κ3) is 3.29. The molecule has 28 heavy (non-hydrogen) atoms. The van der Waals surface area contributed by atoms with Crippen LogP contribution in [0.2, 0.25) is 0 Å². The van der Waals surface area contributed by atoms with Gasteiger partial charge in [-0.1, -0.05) is 6.92 Å². The van der Waals surface area contributed by atoms with Crippen molar-refractivity contribution in [1.82, 2.24) is 15.1 Å². The number of carbonyl (C=O) groups is 1. The number of alkyl halides is 3. The van der Waals surface area contributed by atoms with Gasteiger partial charge in [-0.3, -0.25) is 0 Å². The molecule has 3 atom stereocenters. The van der Waals surface area contributed by atoms with Crippen molar-refractivity contribution in [3.05, 3.63) is 41.8 Å². The molecule has 1 aromatic heterocycles. The summed E-state index contributed by atoms with van der Waals surface area (Å²) in [6.45, 7) is 2.12. The van der Waals surface area contributed by atoms with Gasteiger partial charge < -0.3 is 10.2 Å². The Morgan fingerprint density at radius 1 is 1.21 bits per heavy atom. The second-order valence-electron chi connectivity index (χ2n) is 7.44. The van der Waals surface area contributed by atoms with Crippen molar-refractivity contribution in [3.8, 4) is 11.3 Å². The number of amides is 2. The van der Waals surface area contributed by atoms with E-state index < -0.39 is 23.6 Å². The van der Waals surface area contributed by atoms with Gasteiger partial charge in [-0.2, -0.15) is 23.4 Å². The first-order valence-corrected chi connectivity index (χ1v) is 9.02. The number of hydrogen-bond acceptors (Lipinski definition) is 3. The van der Waals surface area contributed by atoms with Crippen molar-refractivity contribution in [1.29, 1.82) is 0 Å². The fraction of sp³-hybridized carbons (Fsp3) is 0.421. The van der Waals surface area contributed by atoms with E-state index >= 15 is 0 Å². The van der Waals surface area contributed by atoms with E-state index in [1.807, 2.05) is 0 Å². The highest BCUT2D eigenvalue weighted by molar-refractivity contribution is 5.91. The molecule has 1 saturated carbocycles. The van der Waals surface area contributed by atoms with Crippen LogP contribution in [0, 0.1) is 11.7 Å². The number of anilines is 1. The lowest BCUT2D eigenvalue weighted by atomic mass is 9.74. The largest absolute Gasteiger partial charge is 0.417 e. The van der Waals surface area contributed by atoms with E-state index in [4.69, 9.17) is 0 Å². The van der Waals surface area contributed by atoms with Gasteiger partial charge in [0.1, 0.15) is 5.82 Å². The molecule has 5 rings (SSSR count). The first kappa shape index (κ1) is 18.6. The Labute approximate surface area is 158 Å². The Morgan fingerprint density at radius 2 is 1.93 bits per heavy atom. The van der Waals surface area contributed by atoms with E-state index in [0.717, 1.165) is 25.3 Å². The molecule has 1 aromatic carbocycles. The molecule has 0 spiro atoms. The SMILES string of the molecule is CC1CC2C[C@H](C1)N2C(=O)Nc1cc(-c2cccnn2)c(C(F)(F)F)cc1F. The van der Waals surface area contributed by atoms with Crippen molar-refractivity contribution in [2.45, 2.75) is 44.4 Å². The summed E-state index contributed by atoms with van der Waals surface area (Å²) < 4.78 is 54.6. The number of benzene rings is 1. The Balaban J connectivity index is 1.66. The predicted octanol–water partition coefficient (Wildman–Crippen LogP) is 4.71. The van der Waals surface area contributed by atoms with Gasteiger partial charge in [0.15, 0.2) is 0 Å². The fourth-order valence-corrected chi connectivity index (χ4v) is 4.22. The molecule has 9 heteroatoms. The van der Waals surface area contributed by atoms with Crippen molar-refractivity contribution in [2.24, 2.45) is 5.92 Å². The molecule has 1 N–H and O–H groups in total. The molecule has 1 aliphatic carbocycles. The molecular formula is C19H18F4N4O. The summed E-state index contributed by atoms with van der Waals surface area (Å²) in [6, 6.07) is 3.86. The lowest BCUT2D eigenvalue weighted by molar-refractivity contribution is -0.137. The Morgan fingerprint density at radius 3 is 2.54 bits per heavy atom. The van der Waals surface area contributed by atoms with Crippen molar-refractivity contribution in [2.75, 3.05) is 5.32 Å². The number of halogens is 4. The predicted molar refractivity (Wildman–Crippen MR) is 93.9 cm³/mol. The van der Waals surface area contributed by atoms with E-state index in [0.29, 0.717) is 12.0 Å². The summed E-state index contributed by atoms with van der Waals surface area (Å²) in [5, 5.41) is 9.72. The van der Waals surface area contributed by atoms with Gasteiger partial charge >= 0.3 is 12.2 Å². The zero-order valence-electron chi connectivity index (χ0n) is 15.0. The van der Waals surface area contributed by atoms with Crippen LogP contribution in [-0.4, -0.2) is 33.2 Å². The highest BCUT2D eigenvalue weighted by Crippen LogP contribution is 2.42. The van der Waals surface area contributed by atoms with Crippen molar-refractivity contribution >= 4 is 11.7 Å². The molecule has 3 fully saturated rings. The molecule has 2 amide bonds. The number of urea groups is 1. The van der Waals surface area contributed by atoms with Gasteiger partial charge in [-0.05, 0) is 49.4 Å². The average Bonchev–Trinajstić information content (AvgIpc) is 2.62. The number of rotatable bonds is 2. The number of piperidine rings is 1. The van der Waals surface area contributed by atoms with Gasteiger partial charge in [0.2, 0.25) is 0 Å². The lowest BCUT2D eigenvalue weighted by Gasteiger charge is -2.54. The molecule has 3 aliphatic rings.